The molecule has 9 nitrogen and oxygen atoms in total. The van der Waals surface area contributed by atoms with Gasteiger partial charge in [-0.05, 0) is 13.0 Å². The highest BCUT2D eigenvalue weighted by Crippen LogP contribution is 2.34. The number of urea groups is 1. The zero-order valence-electron chi connectivity index (χ0n) is 15.5. The molecule has 10 heteroatoms. The number of benzene rings is 1. The molecule has 3 amide bonds. The number of likely N-dealkylation sites (N-methyl/N-ethyl adjacent to an activating group) is 3. The molecular formula is C18H18N6O3S. The summed E-state index contributed by atoms with van der Waals surface area (Å²) in [4.78, 5) is 48.1. The maximum absolute atomic E-state index is 13.2. The minimum absolute atomic E-state index is 0.164. The van der Waals surface area contributed by atoms with Gasteiger partial charge in [-0.15, -0.1) is 0 Å². The lowest BCUT2D eigenvalue weighted by atomic mass is 10.1. The van der Waals surface area contributed by atoms with Crippen LogP contribution < -0.4 is 25.2 Å². The summed E-state index contributed by atoms with van der Waals surface area (Å²) in [6.07, 6.45) is -0.860. The van der Waals surface area contributed by atoms with E-state index < -0.39 is 12.3 Å². The Morgan fingerprint density at radius 3 is 2.64 bits per heavy atom. The summed E-state index contributed by atoms with van der Waals surface area (Å²) in [5.41, 5.74) is 4.75. The highest BCUT2D eigenvalue weighted by molar-refractivity contribution is 7.07. The Kier molecular flexibility index (Phi) is 3.45. The van der Waals surface area contributed by atoms with E-state index in [2.05, 4.69) is 10.4 Å². The Hall–Kier alpha value is -3.14. The number of para-hydroxylation sites is 1. The van der Waals surface area contributed by atoms with Gasteiger partial charge in [0.05, 0.1) is 11.3 Å². The van der Waals surface area contributed by atoms with Crippen LogP contribution in [0.25, 0.3) is 5.57 Å². The Labute approximate surface area is 163 Å². The normalized spacial score (nSPS) is 24.8. The predicted octanol–water partition coefficient (Wildman–Crippen LogP) is -0.699. The number of anilines is 1. The second-order valence-corrected chi connectivity index (χ2v) is 7.89. The molecule has 1 aromatic heterocycles. The predicted molar refractivity (Wildman–Crippen MR) is 104 cm³/mol. The van der Waals surface area contributed by atoms with E-state index in [1.54, 1.807) is 19.0 Å². The summed E-state index contributed by atoms with van der Waals surface area (Å²) in [5.74, 6) is -0.176. The molecule has 0 saturated carbocycles. The first kappa shape index (κ1) is 17.0. The summed E-state index contributed by atoms with van der Waals surface area (Å²) in [6.45, 7) is 2.43. The van der Waals surface area contributed by atoms with Crippen LogP contribution in [0.2, 0.25) is 0 Å². The van der Waals surface area contributed by atoms with Crippen LogP contribution in [0.4, 0.5) is 10.5 Å². The van der Waals surface area contributed by atoms with Gasteiger partial charge < -0.3 is 14.7 Å². The van der Waals surface area contributed by atoms with Gasteiger partial charge in [0.2, 0.25) is 4.80 Å². The molecule has 28 heavy (non-hydrogen) atoms. The van der Waals surface area contributed by atoms with Crippen LogP contribution in [0.15, 0.2) is 34.1 Å². The number of nitrogens with one attached hydrogen (secondary N) is 1. The summed E-state index contributed by atoms with van der Waals surface area (Å²) in [7, 11) is 3.35. The van der Waals surface area contributed by atoms with Crippen molar-refractivity contribution >= 4 is 34.5 Å². The van der Waals surface area contributed by atoms with Crippen molar-refractivity contribution in [1.29, 1.82) is 0 Å². The summed E-state index contributed by atoms with van der Waals surface area (Å²) >= 11 is 1.17. The van der Waals surface area contributed by atoms with Crippen LogP contribution in [0.3, 0.4) is 0 Å². The molecule has 2 unspecified atom stereocenters. The lowest BCUT2D eigenvalue weighted by Gasteiger charge is -2.26. The molecule has 2 aromatic rings. The van der Waals surface area contributed by atoms with Crippen LogP contribution in [-0.4, -0.2) is 59.4 Å². The SMILES string of the molecule is CCN1C(=O)/C(=c2\sc3n(c2=O)NC2C(N=3)N(C)C(=O)N2C)c2ccccc21. The van der Waals surface area contributed by atoms with E-state index in [0.717, 1.165) is 11.3 Å². The van der Waals surface area contributed by atoms with Crippen LogP contribution in [0.1, 0.15) is 12.5 Å². The maximum Gasteiger partial charge on any atom is 0.323 e. The Bertz CT molecular complexity index is 1210. The first-order chi connectivity index (χ1) is 13.4. The number of aromatic nitrogens is 1. The number of hydrogen-bond donors (Lipinski definition) is 1. The second-order valence-electron chi connectivity index (χ2n) is 6.92. The van der Waals surface area contributed by atoms with Crippen molar-refractivity contribution in [1.82, 2.24) is 14.5 Å². The van der Waals surface area contributed by atoms with Crippen LogP contribution >= 0.6 is 11.3 Å². The van der Waals surface area contributed by atoms with Gasteiger partial charge in [-0.2, -0.15) is 4.68 Å². The van der Waals surface area contributed by atoms with Gasteiger partial charge in [0, 0.05) is 26.2 Å². The van der Waals surface area contributed by atoms with Crippen molar-refractivity contribution in [2.45, 2.75) is 19.3 Å². The van der Waals surface area contributed by atoms with Crippen LogP contribution in [-0.2, 0) is 4.79 Å². The number of carbonyl (C=O) groups is 2. The number of carbonyl (C=O) groups excluding carboxylic acids is 2. The van der Waals surface area contributed by atoms with Gasteiger partial charge in [0.15, 0.2) is 12.3 Å². The number of fused-ring (bicyclic) bond motifs is 3. The van der Waals surface area contributed by atoms with Gasteiger partial charge in [-0.25, -0.2) is 9.79 Å². The van der Waals surface area contributed by atoms with Crippen molar-refractivity contribution in [2.75, 3.05) is 31.0 Å². The molecule has 0 aliphatic carbocycles. The van der Waals surface area contributed by atoms with Gasteiger partial charge in [0.1, 0.15) is 4.53 Å². The average molecular weight is 398 g/mol. The number of nitrogens with zero attached hydrogens (tertiary/aromatic N) is 5. The fraction of sp³-hybridized carbons (Fsp3) is 0.333. The molecule has 1 saturated heterocycles. The van der Waals surface area contributed by atoms with E-state index in [1.165, 1.54) is 25.8 Å². The molecule has 5 rings (SSSR count). The van der Waals surface area contributed by atoms with E-state index >= 15 is 0 Å². The third-order valence-electron chi connectivity index (χ3n) is 5.45. The fourth-order valence-electron chi connectivity index (χ4n) is 3.99. The number of amides is 3. The minimum Gasteiger partial charge on any atom is -0.308 e. The van der Waals surface area contributed by atoms with Gasteiger partial charge in [0.25, 0.3) is 11.5 Å². The first-order valence-corrected chi connectivity index (χ1v) is 9.77. The third-order valence-corrected chi connectivity index (χ3v) is 6.51. The molecule has 1 N–H and O–H groups in total. The summed E-state index contributed by atoms with van der Waals surface area (Å²) in [5, 5.41) is 0. The summed E-state index contributed by atoms with van der Waals surface area (Å²) in [6, 6.07) is 7.32. The Morgan fingerprint density at radius 1 is 1.14 bits per heavy atom. The largest absolute Gasteiger partial charge is 0.323 e. The van der Waals surface area contributed by atoms with Gasteiger partial charge in [-0.3, -0.25) is 15.0 Å². The van der Waals surface area contributed by atoms with Gasteiger partial charge >= 0.3 is 6.03 Å². The molecule has 0 spiro atoms. The molecule has 144 valence electrons. The van der Waals surface area contributed by atoms with Crippen molar-refractivity contribution < 1.29 is 9.59 Å². The average Bonchev–Trinajstić information content (AvgIpc) is 3.24. The fourth-order valence-corrected chi connectivity index (χ4v) is 5.04. The Morgan fingerprint density at radius 2 is 1.89 bits per heavy atom. The highest BCUT2D eigenvalue weighted by Gasteiger charge is 2.44. The van der Waals surface area contributed by atoms with E-state index in [4.69, 9.17) is 0 Å². The Balaban J connectivity index is 1.76. The first-order valence-electron chi connectivity index (χ1n) is 8.95. The third kappa shape index (κ3) is 2.00. The van der Waals surface area contributed by atoms with Crippen molar-refractivity contribution in [3.05, 3.63) is 49.5 Å². The maximum atomic E-state index is 13.2. The van der Waals surface area contributed by atoms with Crippen LogP contribution in [0, 0.1) is 0 Å². The summed E-state index contributed by atoms with van der Waals surface area (Å²) < 4.78 is 1.71. The minimum atomic E-state index is -0.436. The molecule has 4 heterocycles. The number of hydrogen-bond acceptors (Lipinski definition) is 6. The highest BCUT2D eigenvalue weighted by atomic mass is 32.1. The van der Waals surface area contributed by atoms with Gasteiger partial charge in [-0.1, -0.05) is 29.5 Å². The molecule has 1 aromatic carbocycles. The molecule has 1 fully saturated rings. The molecular weight excluding hydrogens is 380 g/mol. The molecule has 0 bridgehead atoms. The zero-order chi connectivity index (χ0) is 19.7. The van der Waals surface area contributed by atoms with E-state index in [1.807, 2.05) is 31.2 Å². The molecule has 0 radical (unpaired) electrons. The molecule has 3 aliphatic heterocycles. The van der Waals surface area contributed by atoms with E-state index in [9.17, 15) is 14.4 Å². The molecule has 2 atom stereocenters. The topological polar surface area (TPSA) is 90.2 Å². The standard InChI is InChI=1S/C18H18N6O3S/c1-4-23-10-8-6-5-7-9(10)11(15(23)25)12-16(26)24-17(28-12)19-13-14(20-24)22(3)18(27)21(13)2/h5-8,13-14,20H,4H2,1-3H3/b12-11-. The zero-order valence-corrected chi connectivity index (χ0v) is 16.4. The van der Waals surface area contributed by atoms with Crippen molar-refractivity contribution in [2.24, 2.45) is 4.99 Å². The lowest BCUT2D eigenvalue weighted by Crippen LogP contribution is -2.54. The lowest BCUT2D eigenvalue weighted by molar-refractivity contribution is -0.113. The smallest absolute Gasteiger partial charge is 0.308 e. The molecule has 3 aliphatic rings. The quantitative estimate of drug-likeness (QED) is 0.688. The monoisotopic (exact) mass is 398 g/mol. The van der Waals surface area contributed by atoms with Crippen molar-refractivity contribution in [3.8, 4) is 0 Å². The second kappa shape index (κ2) is 5.68. The van der Waals surface area contributed by atoms with Crippen molar-refractivity contribution in [3.63, 3.8) is 0 Å². The number of rotatable bonds is 1. The van der Waals surface area contributed by atoms with E-state index in [0.29, 0.717) is 21.5 Å². The van der Waals surface area contributed by atoms with E-state index in [-0.39, 0.29) is 17.5 Å². The van der Waals surface area contributed by atoms with Crippen LogP contribution in [0.5, 0.6) is 0 Å². The number of thiazole rings is 1.